The predicted octanol–water partition coefficient (Wildman–Crippen LogP) is 3.56. The van der Waals surface area contributed by atoms with Crippen LogP contribution >= 0.6 is 0 Å². The number of carbonyl (C=O) groups is 1. The molecule has 0 aliphatic heterocycles. The number of anilines is 1. The number of nitrogens with one attached hydrogen (secondary N) is 1. The summed E-state index contributed by atoms with van der Waals surface area (Å²) in [6, 6.07) is 12.6. The maximum absolute atomic E-state index is 14.0. The number of benzene rings is 2. The first-order chi connectivity index (χ1) is 10.9. The summed E-state index contributed by atoms with van der Waals surface area (Å²) in [5.41, 5.74) is 3.21. The van der Waals surface area contributed by atoms with Crippen molar-refractivity contribution in [3.05, 3.63) is 65.0 Å². The molecule has 0 aliphatic carbocycles. The average molecular weight is 314 g/mol. The number of amides is 1. The first kappa shape index (κ1) is 17.0. The zero-order chi connectivity index (χ0) is 17.0. The largest absolute Gasteiger partial charge is 0.375 e. The van der Waals surface area contributed by atoms with Crippen molar-refractivity contribution in [3.8, 4) is 0 Å². The van der Waals surface area contributed by atoms with E-state index in [-0.39, 0.29) is 11.9 Å². The van der Waals surface area contributed by atoms with E-state index in [2.05, 4.69) is 24.4 Å². The van der Waals surface area contributed by atoms with Gasteiger partial charge in [0.2, 0.25) is 0 Å². The number of hydrogen-bond donors (Lipinski definition) is 1. The first-order valence-electron chi connectivity index (χ1n) is 7.70. The monoisotopic (exact) mass is 314 g/mol. The van der Waals surface area contributed by atoms with E-state index in [4.69, 9.17) is 0 Å². The molecule has 4 heteroatoms. The fourth-order valence-electron chi connectivity index (χ4n) is 2.54. The van der Waals surface area contributed by atoms with Crippen molar-refractivity contribution < 1.29 is 9.18 Å². The minimum absolute atomic E-state index is 0.0276. The van der Waals surface area contributed by atoms with Crippen LogP contribution in [0.15, 0.2) is 42.5 Å². The van der Waals surface area contributed by atoms with E-state index >= 15 is 0 Å². The minimum Gasteiger partial charge on any atom is -0.375 e. The van der Waals surface area contributed by atoms with Crippen LogP contribution in [-0.4, -0.2) is 26.0 Å². The second-order valence-corrected chi connectivity index (χ2v) is 6.07. The van der Waals surface area contributed by atoms with Crippen molar-refractivity contribution in [1.82, 2.24) is 5.32 Å². The van der Waals surface area contributed by atoms with Crippen molar-refractivity contribution in [1.29, 1.82) is 0 Å². The van der Waals surface area contributed by atoms with Gasteiger partial charge in [0.05, 0.1) is 5.69 Å². The summed E-state index contributed by atoms with van der Waals surface area (Å²) in [7, 11) is 3.53. The van der Waals surface area contributed by atoms with E-state index in [0.717, 1.165) is 6.42 Å². The van der Waals surface area contributed by atoms with E-state index in [1.165, 1.54) is 17.2 Å². The second-order valence-electron chi connectivity index (χ2n) is 6.07. The molecule has 0 bridgehead atoms. The molecule has 0 radical (unpaired) electrons. The lowest BCUT2D eigenvalue weighted by Gasteiger charge is -2.17. The Kier molecular flexibility index (Phi) is 5.37. The van der Waals surface area contributed by atoms with Crippen molar-refractivity contribution in [3.63, 3.8) is 0 Å². The number of aryl methyl sites for hydroxylation is 1. The standard InChI is InChI=1S/C19H23FN2O/c1-13-7-5-6-8-15(13)11-14(2)21-19(23)16-9-10-18(22(3)4)17(20)12-16/h5-10,12,14H,11H2,1-4H3,(H,21,23). The molecule has 2 aromatic rings. The molecule has 122 valence electrons. The molecule has 23 heavy (non-hydrogen) atoms. The third-order valence-corrected chi connectivity index (χ3v) is 3.86. The molecule has 2 aromatic carbocycles. The number of halogens is 1. The Morgan fingerprint density at radius 1 is 1.22 bits per heavy atom. The number of hydrogen-bond acceptors (Lipinski definition) is 2. The average Bonchev–Trinajstić information content (AvgIpc) is 2.49. The minimum atomic E-state index is -0.394. The van der Waals surface area contributed by atoms with Crippen LogP contribution < -0.4 is 10.2 Å². The van der Waals surface area contributed by atoms with E-state index in [9.17, 15) is 9.18 Å². The van der Waals surface area contributed by atoms with Crippen LogP contribution in [0.2, 0.25) is 0 Å². The van der Waals surface area contributed by atoms with Gasteiger partial charge in [0.15, 0.2) is 0 Å². The lowest BCUT2D eigenvalue weighted by molar-refractivity contribution is 0.0939. The highest BCUT2D eigenvalue weighted by Gasteiger charge is 2.14. The Labute approximate surface area is 137 Å². The predicted molar refractivity (Wildman–Crippen MR) is 92.5 cm³/mol. The van der Waals surface area contributed by atoms with Crippen molar-refractivity contribution in [2.45, 2.75) is 26.3 Å². The molecule has 0 spiro atoms. The molecule has 0 saturated carbocycles. The van der Waals surface area contributed by atoms with Gasteiger partial charge in [-0.1, -0.05) is 24.3 Å². The third kappa shape index (κ3) is 4.31. The molecule has 2 rings (SSSR count). The highest BCUT2D eigenvalue weighted by atomic mass is 19.1. The molecule has 1 amide bonds. The third-order valence-electron chi connectivity index (χ3n) is 3.86. The zero-order valence-corrected chi connectivity index (χ0v) is 14.1. The summed E-state index contributed by atoms with van der Waals surface area (Å²) in [5.74, 6) is -0.649. The maximum atomic E-state index is 14.0. The van der Waals surface area contributed by atoms with Crippen molar-refractivity contribution >= 4 is 11.6 Å². The SMILES string of the molecule is Cc1ccccc1CC(C)NC(=O)c1ccc(N(C)C)c(F)c1. The lowest BCUT2D eigenvalue weighted by Crippen LogP contribution is -2.34. The molecule has 0 aromatic heterocycles. The fraction of sp³-hybridized carbons (Fsp3) is 0.316. The summed E-state index contributed by atoms with van der Waals surface area (Å²) < 4.78 is 14.0. The number of rotatable bonds is 5. The van der Waals surface area contributed by atoms with Gasteiger partial charge in [-0.05, 0) is 49.6 Å². The van der Waals surface area contributed by atoms with Crippen molar-refractivity contribution in [2.75, 3.05) is 19.0 Å². The number of carbonyl (C=O) groups excluding carboxylic acids is 1. The van der Waals surface area contributed by atoms with Crippen LogP contribution in [-0.2, 0) is 6.42 Å². The molecular formula is C19H23FN2O. The van der Waals surface area contributed by atoms with Crippen LogP contribution in [0.5, 0.6) is 0 Å². The zero-order valence-electron chi connectivity index (χ0n) is 14.1. The molecule has 3 nitrogen and oxygen atoms in total. The quantitative estimate of drug-likeness (QED) is 0.915. The van der Waals surface area contributed by atoms with Gasteiger partial charge in [-0.3, -0.25) is 4.79 Å². The van der Waals surface area contributed by atoms with Crippen LogP contribution in [0.4, 0.5) is 10.1 Å². The highest BCUT2D eigenvalue weighted by molar-refractivity contribution is 5.94. The van der Waals surface area contributed by atoms with E-state index in [1.54, 1.807) is 31.1 Å². The molecule has 1 unspecified atom stereocenters. The normalized spacial score (nSPS) is 11.9. The van der Waals surface area contributed by atoms with Gasteiger partial charge in [0.1, 0.15) is 5.82 Å². The first-order valence-corrected chi connectivity index (χ1v) is 7.70. The summed E-state index contributed by atoms with van der Waals surface area (Å²) in [6.07, 6.45) is 0.747. The fourth-order valence-corrected chi connectivity index (χ4v) is 2.54. The Morgan fingerprint density at radius 3 is 2.52 bits per heavy atom. The van der Waals surface area contributed by atoms with Gasteiger partial charge in [-0.15, -0.1) is 0 Å². The van der Waals surface area contributed by atoms with Gasteiger partial charge in [0, 0.05) is 25.7 Å². The van der Waals surface area contributed by atoms with Gasteiger partial charge < -0.3 is 10.2 Å². The smallest absolute Gasteiger partial charge is 0.251 e. The second kappa shape index (κ2) is 7.27. The van der Waals surface area contributed by atoms with Gasteiger partial charge >= 0.3 is 0 Å². The molecular weight excluding hydrogens is 291 g/mol. The molecule has 0 fully saturated rings. The van der Waals surface area contributed by atoms with Crippen molar-refractivity contribution in [2.24, 2.45) is 0 Å². The number of nitrogens with zero attached hydrogens (tertiary/aromatic N) is 1. The van der Waals surface area contributed by atoms with Gasteiger partial charge in [-0.25, -0.2) is 4.39 Å². The van der Waals surface area contributed by atoms with Crippen LogP contribution in [0.3, 0.4) is 0 Å². The van der Waals surface area contributed by atoms with Crippen LogP contribution in [0.1, 0.15) is 28.4 Å². The van der Waals surface area contributed by atoms with Crippen LogP contribution in [0.25, 0.3) is 0 Å². The van der Waals surface area contributed by atoms with Gasteiger partial charge in [-0.2, -0.15) is 0 Å². The van der Waals surface area contributed by atoms with E-state index in [0.29, 0.717) is 11.3 Å². The Hall–Kier alpha value is -2.36. The van der Waals surface area contributed by atoms with E-state index < -0.39 is 5.82 Å². The summed E-state index contributed by atoms with van der Waals surface area (Å²) in [4.78, 5) is 14.0. The van der Waals surface area contributed by atoms with Crippen LogP contribution in [0, 0.1) is 12.7 Å². The molecule has 0 saturated heterocycles. The van der Waals surface area contributed by atoms with Gasteiger partial charge in [0.25, 0.3) is 5.91 Å². The Morgan fingerprint density at radius 2 is 1.91 bits per heavy atom. The Bertz CT molecular complexity index is 698. The Balaban J connectivity index is 2.04. The summed E-state index contributed by atoms with van der Waals surface area (Å²) in [5, 5.41) is 2.93. The molecule has 1 N–H and O–H groups in total. The molecule has 0 aliphatic rings. The highest BCUT2D eigenvalue weighted by Crippen LogP contribution is 2.18. The maximum Gasteiger partial charge on any atom is 0.251 e. The topological polar surface area (TPSA) is 32.3 Å². The lowest BCUT2D eigenvalue weighted by atomic mass is 10.0. The molecule has 1 atom stereocenters. The molecule has 0 heterocycles. The summed E-state index contributed by atoms with van der Waals surface area (Å²) >= 11 is 0. The summed E-state index contributed by atoms with van der Waals surface area (Å²) in [6.45, 7) is 4.01. The van der Waals surface area contributed by atoms with E-state index in [1.807, 2.05) is 19.1 Å².